The highest BCUT2D eigenvalue weighted by atomic mass is 79.9. The topological polar surface area (TPSA) is 43.1 Å². The largest absolute Gasteiger partial charge is 0.330 e. The molecule has 0 aliphatic heterocycles. The van der Waals surface area contributed by atoms with E-state index in [1.165, 1.54) is 0 Å². The number of carbonyl (C=O) groups excluding carboxylic acids is 1. The molecule has 0 radical (unpaired) electrons. The summed E-state index contributed by atoms with van der Waals surface area (Å²) >= 11 is 2.72. The number of benzene rings is 1. The molecule has 0 aliphatic rings. The minimum Gasteiger partial charge on any atom is -0.330 e. The summed E-state index contributed by atoms with van der Waals surface area (Å²) in [6.45, 7) is 0.146. The summed E-state index contributed by atoms with van der Waals surface area (Å²) in [5.41, 5.74) is 5.02. The van der Waals surface area contributed by atoms with Crippen molar-refractivity contribution in [1.82, 2.24) is 0 Å². The molecule has 14 heavy (non-hydrogen) atoms. The van der Waals surface area contributed by atoms with E-state index in [4.69, 9.17) is 5.73 Å². The van der Waals surface area contributed by atoms with Crippen molar-refractivity contribution < 1.29 is 13.6 Å². The van der Waals surface area contributed by atoms with E-state index >= 15 is 0 Å². The summed E-state index contributed by atoms with van der Waals surface area (Å²) in [6, 6.07) is 2.16. The molecule has 0 saturated heterocycles. The molecule has 0 heterocycles. The molecule has 0 aliphatic carbocycles. The first kappa shape index (κ1) is 11.3. The van der Waals surface area contributed by atoms with E-state index in [1.807, 2.05) is 0 Å². The lowest BCUT2D eigenvalue weighted by molar-refractivity contribution is 0.0981. The second kappa shape index (κ2) is 4.61. The van der Waals surface area contributed by atoms with Gasteiger partial charge in [0.15, 0.2) is 11.6 Å². The Balaban J connectivity index is 3.11. The van der Waals surface area contributed by atoms with E-state index in [-0.39, 0.29) is 23.0 Å². The SMILES string of the molecule is NCCC(=O)c1ccc(F)c(Br)c1F. The number of hydrogen-bond donors (Lipinski definition) is 1. The van der Waals surface area contributed by atoms with Crippen molar-refractivity contribution in [2.75, 3.05) is 6.54 Å². The van der Waals surface area contributed by atoms with Gasteiger partial charge in [-0.15, -0.1) is 0 Å². The fourth-order valence-electron chi connectivity index (χ4n) is 1.01. The minimum absolute atomic E-state index is 0.0506. The Hall–Kier alpha value is -0.810. The lowest BCUT2D eigenvalue weighted by atomic mass is 10.1. The van der Waals surface area contributed by atoms with Gasteiger partial charge in [0, 0.05) is 6.42 Å². The van der Waals surface area contributed by atoms with Gasteiger partial charge in [-0.3, -0.25) is 4.79 Å². The Morgan fingerprint density at radius 3 is 2.64 bits per heavy atom. The van der Waals surface area contributed by atoms with Crippen LogP contribution in [0.4, 0.5) is 8.78 Å². The van der Waals surface area contributed by atoms with E-state index in [1.54, 1.807) is 0 Å². The summed E-state index contributed by atoms with van der Waals surface area (Å²) < 4.78 is 25.8. The fourth-order valence-corrected chi connectivity index (χ4v) is 1.35. The molecule has 0 bridgehead atoms. The van der Waals surface area contributed by atoms with E-state index in [9.17, 15) is 13.6 Å². The summed E-state index contributed by atoms with van der Waals surface area (Å²) in [5.74, 6) is -2.03. The van der Waals surface area contributed by atoms with Crippen LogP contribution in [0.5, 0.6) is 0 Å². The Labute approximate surface area is 88.2 Å². The van der Waals surface area contributed by atoms with Gasteiger partial charge < -0.3 is 5.73 Å². The predicted octanol–water partition coefficient (Wildman–Crippen LogP) is 2.26. The van der Waals surface area contributed by atoms with Crippen LogP contribution in [0, 0.1) is 11.6 Å². The first-order valence-electron chi connectivity index (χ1n) is 3.94. The third kappa shape index (κ3) is 2.16. The Kier molecular flexibility index (Phi) is 3.71. The molecule has 76 valence electrons. The third-order valence-electron chi connectivity index (χ3n) is 1.71. The number of nitrogens with two attached hydrogens (primary N) is 1. The van der Waals surface area contributed by atoms with Gasteiger partial charge in [-0.2, -0.15) is 0 Å². The molecule has 0 spiro atoms. The van der Waals surface area contributed by atoms with Crippen LogP contribution in [0.1, 0.15) is 16.8 Å². The highest BCUT2D eigenvalue weighted by molar-refractivity contribution is 9.10. The fraction of sp³-hybridized carbons (Fsp3) is 0.222. The lowest BCUT2D eigenvalue weighted by Crippen LogP contribution is -2.10. The number of ketones is 1. The average Bonchev–Trinajstić information content (AvgIpc) is 2.15. The molecule has 2 N–H and O–H groups in total. The molecular formula is C9H8BrF2NO. The highest BCUT2D eigenvalue weighted by Crippen LogP contribution is 2.23. The van der Waals surface area contributed by atoms with Crippen molar-refractivity contribution in [2.45, 2.75) is 6.42 Å². The molecule has 0 atom stereocenters. The Morgan fingerprint density at radius 1 is 1.43 bits per heavy atom. The van der Waals surface area contributed by atoms with Crippen LogP contribution in [0.25, 0.3) is 0 Å². The molecule has 0 saturated carbocycles. The quantitative estimate of drug-likeness (QED) is 0.672. The molecular weight excluding hydrogens is 256 g/mol. The summed E-state index contributed by atoms with van der Waals surface area (Å²) in [7, 11) is 0. The third-order valence-corrected chi connectivity index (χ3v) is 2.43. The zero-order valence-electron chi connectivity index (χ0n) is 7.19. The van der Waals surface area contributed by atoms with E-state index in [0.29, 0.717) is 0 Å². The summed E-state index contributed by atoms with van der Waals surface area (Å²) in [5, 5.41) is 0. The van der Waals surface area contributed by atoms with Crippen molar-refractivity contribution in [3.8, 4) is 0 Å². The molecule has 0 amide bonds. The number of carbonyl (C=O) groups is 1. The first-order valence-corrected chi connectivity index (χ1v) is 4.74. The van der Waals surface area contributed by atoms with Crippen LogP contribution in [0.3, 0.4) is 0 Å². The van der Waals surface area contributed by atoms with Gasteiger partial charge in [0.2, 0.25) is 0 Å². The second-order valence-corrected chi connectivity index (χ2v) is 3.48. The van der Waals surface area contributed by atoms with Crippen molar-refractivity contribution in [3.63, 3.8) is 0 Å². The number of hydrogen-bond acceptors (Lipinski definition) is 2. The second-order valence-electron chi connectivity index (χ2n) is 2.68. The molecule has 2 nitrogen and oxygen atoms in total. The van der Waals surface area contributed by atoms with Gasteiger partial charge in [-0.05, 0) is 34.6 Å². The maximum absolute atomic E-state index is 13.3. The van der Waals surface area contributed by atoms with Crippen molar-refractivity contribution in [3.05, 3.63) is 33.8 Å². The molecule has 1 aromatic rings. The van der Waals surface area contributed by atoms with Crippen LogP contribution in [-0.2, 0) is 0 Å². The van der Waals surface area contributed by atoms with Gasteiger partial charge in [-0.1, -0.05) is 0 Å². The van der Waals surface area contributed by atoms with Crippen molar-refractivity contribution in [1.29, 1.82) is 0 Å². The van der Waals surface area contributed by atoms with Gasteiger partial charge in [-0.25, -0.2) is 8.78 Å². The van der Waals surface area contributed by atoms with Crippen LogP contribution in [0.15, 0.2) is 16.6 Å². The maximum Gasteiger partial charge on any atom is 0.167 e. The predicted molar refractivity (Wildman–Crippen MR) is 52.1 cm³/mol. The first-order chi connectivity index (χ1) is 6.57. The Morgan fingerprint density at radius 2 is 2.07 bits per heavy atom. The molecule has 0 unspecified atom stereocenters. The van der Waals surface area contributed by atoms with Crippen LogP contribution >= 0.6 is 15.9 Å². The van der Waals surface area contributed by atoms with Crippen LogP contribution in [0.2, 0.25) is 0 Å². The minimum atomic E-state index is -0.872. The molecule has 0 fully saturated rings. The van der Waals surface area contributed by atoms with Crippen molar-refractivity contribution in [2.24, 2.45) is 5.73 Å². The molecule has 0 aromatic heterocycles. The van der Waals surface area contributed by atoms with E-state index < -0.39 is 17.4 Å². The zero-order chi connectivity index (χ0) is 10.7. The van der Waals surface area contributed by atoms with Gasteiger partial charge in [0.05, 0.1) is 10.0 Å². The van der Waals surface area contributed by atoms with Gasteiger partial charge in [0.1, 0.15) is 5.82 Å². The smallest absolute Gasteiger partial charge is 0.167 e. The van der Waals surface area contributed by atoms with E-state index in [0.717, 1.165) is 12.1 Å². The standard InChI is InChI=1S/C9H8BrF2NO/c10-8-6(11)2-1-5(9(8)12)7(14)3-4-13/h1-2H,3-4,13H2. The summed E-state index contributed by atoms with van der Waals surface area (Å²) in [6.07, 6.45) is 0.0506. The maximum atomic E-state index is 13.3. The van der Waals surface area contributed by atoms with Crippen LogP contribution in [-0.4, -0.2) is 12.3 Å². The van der Waals surface area contributed by atoms with Crippen LogP contribution < -0.4 is 5.73 Å². The lowest BCUT2D eigenvalue weighted by Gasteiger charge is -2.03. The van der Waals surface area contributed by atoms with Crippen molar-refractivity contribution >= 4 is 21.7 Å². The number of rotatable bonds is 3. The highest BCUT2D eigenvalue weighted by Gasteiger charge is 2.16. The Bertz CT molecular complexity index is 368. The van der Waals surface area contributed by atoms with Gasteiger partial charge >= 0.3 is 0 Å². The number of halogens is 3. The summed E-state index contributed by atoms with van der Waals surface area (Å²) in [4.78, 5) is 11.3. The molecule has 1 aromatic carbocycles. The molecule has 1 rings (SSSR count). The normalized spacial score (nSPS) is 10.3. The van der Waals surface area contributed by atoms with Gasteiger partial charge in [0.25, 0.3) is 0 Å². The zero-order valence-corrected chi connectivity index (χ0v) is 8.77. The molecule has 5 heteroatoms. The van der Waals surface area contributed by atoms with E-state index in [2.05, 4.69) is 15.9 Å². The average molecular weight is 264 g/mol. The number of Topliss-reactive ketones (excluding diaryl/α,β-unsaturated/α-hetero) is 1. The monoisotopic (exact) mass is 263 g/mol.